The Kier molecular flexibility index (Phi) is 63.9. The number of methoxy groups -OCH3 is 5. The van der Waals surface area contributed by atoms with Crippen LogP contribution in [0.25, 0.3) is 0 Å². The van der Waals surface area contributed by atoms with Crippen molar-refractivity contribution in [3.05, 3.63) is 508 Å². The number of rotatable bonds is 8. The van der Waals surface area contributed by atoms with Gasteiger partial charge in [0.05, 0.1) is 28.4 Å². The average Bonchev–Trinajstić information content (AvgIpc) is 0.753. The fourth-order valence-corrected chi connectivity index (χ4v) is 12.3. The topological polar surface area (TPSA) is 63.2 Å². The summed E-state index contributed by atoms with van der Waals surface area (Å²) in [4.78, 5) is 9.44. The van der Waals surface area contributed by atoms with E-state index in [0.29, 0.717) is 11.5 Å². The smallest absolute Gasteiger partial charge is 0.402 e. The van der Waals surface area contributed by atoms with Gasteiger partial charge in [0.2, 0.25) is 0 Å². The minimum atomic E-state index is -4.43. The Labute approximate surface area is 847 Å². The van der Waals surface area contributed by atoms with Crippen molar-refractivity contribution in [3.8, 4) is 23.0 Å². The summed E-state index contributed by atoms with van der Waals surface area (Å²) in [6, 6.07) is 116. The molecule has 0 heterocycles. The van der Waals surface area contributed by atoms with Gasteiger partial charge in [-0.25, -0.2) is 0 Å². The summed E-state index contributed by atoms with van der Waals surface area (Å²) >= 11 is 0. The molecule has 0 aromatic heterocycles. The molecular formula is C131H169F3O6. The summed E-state index contributed by atoms with van der Waals surface area (Å²) in [6.45, 7) is 63.7. The fraction of sp³-hybridized carbons (Fsp3) is 0.305. The fourth-order valence-electron chi connectivity index (χ4n) is 12.3. The van der Waals surface area contributed by atoms with Crippen molar-refractivity contribution in [1.29, 1.82) is 0 Å². The number of benzene rings is 15. The van der Waals surface area contributed by atoms with E-state index in [2.05, 4.69) is 464 Å². The summed E-state index contributed by atoms with van der Waals surface area (Å²) in [7, 11) is 9.57. The minimum absolute atomic E-state index is 0.0431. The molecule has 0 saturated carbocycles. The lowest BCUT2D eigenvalue weighted by molar-refractivity contribution is -0.173. The lowest BCUT2D eigenvalue weighted by atomic mass is 9.75. The highest BCUT2D eigenvalue weighted by molar-refractivity contribution is 5.72. The van der Waals surface area contributed by atoms with E-state index in [1.807, 2.05) is 38.1 Å². The maximum Gasteiger partial charge on any atom is 0.402 e. The van der Waals surface area contributed by atoms with Gasteiger partial charge in [-0.1, -0.05) is 331 Å². The predicted octanol–water partition coefficient (Wildman–Crippen LogP) is 36.4. The van der Waals surface area contributed by atoms with Crippen LogP contribution in [0.4, 0.5) is 13.2 Å². The number of ketones is 1. The largest absolute Gasteiger partial charge is 0.497 e. The second-order valence-electron chi connectivity index (χ2n) is 35.3. The number of halogens is 3. The van der Waals surface area contributed by atoms with Crippen LogP contribution >= 0.6 is 0 Å². The third kappa shape index (κ3) is 51.0. The van der Waals surface area contributed by atoms with Crippen molar-refractivity contribution in [2.75, 3.05) is 42.7 Å². The quantitative estimate of drug-likeness (QED) is 0.151. The van der Waals surface area contributed by atoms with E-state index < -0.39 is 11.6 Å². The first-order valence-electron chi connectivity index (χ1n) is 48.0. The number of alkyl halides is 3. The van der Waals surface area contributed by atoms with E-state index in [9.17, 15) is 18.0 Å². The number of ether oxygens (including phenoxy) is 5. The molecule has 15 rings (SSSR count). The summed E-state index contributed by atoms with van der Waals surface area (Å²) in [5, 5.41) is 0. The van der Waals surface area contributed by atoms with Crippen LogP contribution in [0, 0.1) is 166 Å². The van der Waals surface area contributed by atoms with E-state index in [1.165, 1.54) is 228 Å². The van der Waals surface area contributed by atoms with Gasteiger partial charge in [0.1, 0.15) is 34.2 Å². The number of hydrogen-bond donors (Lipinski definition) is 0. The summed E-state index contributed by atoms with van der Waals surface area (Å²) in [5.41, 5.74) is 33.6. The van der Waals surface area contributed by atoms with Crippen molar-refractivity contribution in [1.82, 2.24) is 0 Å². The first-order chi connectivity index (χ1) is 66.2. The molecule has 0 unspecified atom stereocenters. The van der Waals surface area contributed by atoms with Crippen LogP contribution in [0.5, 0.6) is 23.0 Å². The molecule has 750 valence electrons. The van der Waals surface area contributed by atoms with Gasteiger partial charge in [0.25, 0.3) is 0 Å². The number of carbonyl (C=O) groups is 1. The molecule has 0 amide bonds. The standard InChI is InChI=1S/C17H17F3O2.C17H20O2.C10H14.10C8H10.C3H6O.C2H6O.C2H6/c1-16(17(18,19)20,12-4-8-14(21-2)9-5-12)13-6-10-15(22-3)11-7-13;1-17(2,13-5-9-15(18-3)10-6-13)14-7-11-16(19-4)12-8-14;1-7-5-9(3)10(4)6-8(7)2;10*1-7-5-3-4-6-8(7)2;1-3(2)4;1-3-2;1-2/h4-11H,1-3H3;5-12H,1-4H3;5-6H,1-4H3;10*3-6H,1-2H3;1-2H3;1-2H3;1-2H3. The maximum absolute atomic E-state index is 13.8. The van der Waals surface area contributed by atoms with Gasteiger partial charge in [-0.3, -0.25) is 0 Å². The summed E-state index contributed by atoms with van der Waals surface area (Å²) in [6.07, 6.45) is -4.43. The van der Waals surface area contributed by atoms with Gasteiger partial charge in [-0.05, 0) is 391 Å². The first kappa shape index (κ1) is 127. The Balaban J connectivity index is 0.00000151. The van der Waals surface area contributed by atoms with Crippen LogP contribution < -0.4 is 18.9 Å². The highest BCUT2D eigenvalue weighted by Crippen LogP contribution is 2.47. The van der Waals surface area contributed by atoms with Crippen molar-refractivity contribution in [2.45, 2.75) is 232 Å². The number of hydrogen-bond acceptors (Lipinski definition) is 6. The van der Waals surface area contributed by atoms with Crippen LogP contribution in [-0.2, 0) is 20.4 Å². The van der Waals surface area contributed by atoms with Gasteiger partial charge in [-0.2, -0.15) is 13.2 Å². The minimum Gasteiger partial charge on any atom is -0.497 e. The molecule has 15 aromatic rings. The maximum atomic E-state index is 13.8. The van der Waals surface area contributed by atoms with Crippen molar-refractivity contribution in [3.63, 3.8) is 0 Å². The SMILES string of the molecule is CC.CC(C)=O.COC.COc1ccc(C(C)(C)c2ccc(OC)cc2)cc1.COc1ccc(C(C)(c2ccc(OC)cc2)C(F)(F)F)cc1.Cc1cc(C)c(C)cc1C.Cc1ccccc1C.Cc1ccccc1C.Cc1ccccc1C.Cc1ccccc1C.Cc1ccccc1C.Cc1ccccc1C.Cc1ccccc1C.Cc1ccccc1C.Cc1ccccc1C.Cc1ccccc1C. The molecule has 9 heteroatoms. The zero-order valence-electron chi connectivity index (χ0n) is 92.1. The monoisotopic (exact) mass is 1900 g/mol. The number of Topliss-reactive ketones (excluding diaryl/α,β-unsaturated/α-hetero) is 1. The van der Waals surface area contributed by atoms with E-state index in [4.69, 9.17) is 18.9 Å². The molecule has 6 nitrogen and oxygen atoms in total. The molecule has 0 fully saturated rings. The van der Waals surface area contributed by atoms with Crippen molar-refractivity contribution in [2.24, 2.45) is 0 Å². The Morgan fingerprint density at radius 1 is 0.193 bits per heavy atom. The molecule has 15 aromatic carbocycles. The average molecular weight is 1900 g/mol. The normalized spacial score (nSPS) is 9.77. The Morgan fingerprint density at radius 2 is 0.293 bits per heavy atom. The Bertz CT molecular complexity index is 4780. The van der Waals surface area contributed by atoms with Crippen LogP contribution in [0.3, 0.4) is 0 Å². The number of aryl methyl sites for hydroxylation is 24. The lowest BCUT2D eigenvalue weighted by Gasteiger charge is -2.33. The molecule has 0 bridgehead atoms. The first-order valence-corrected chi connectivity index (χ1v) is 48.0. The van der Waals surface area contributed by atoms with Gasteiger partial charge in [-0.15, -0.1) is 0 Å². The molecular weight excluding hydrogens is 1730 g/mol. The third-order valence-electron chi connectivity index (χ3n) is 23.9. The highest BCUT2D eigenvalue weighted by atomic mass is 19.4. The molecule has 0 atom stereocenters. The summed E-state index contributed by atoms with van der Waals surface area (Å²) < 4.78 is 66.0. The lowest BCUT2D eigenvalue weighted by Crippen LogP contribution is -2.40. The van der Waals surface area contributed by atoms with E-state index >= 15 is 0 Å². The highest BCUT2D eigenvalue weighted by Gasteiger charge is 2.53. The molecule has 0 N–H and O–H groups in total. The van der Waals surface area contributed by atoms with Gasteiger partial charge in [0.15, 0.2) is 0 Å². The van der Waals surface area contributed by atoms with Gasteiger partial charge < -0.3 is 28.5 Å². The molecule has 0 saturated heterocycles. The predicted molar refractivity (Wildman–Crippen MR) is 602 cm³/mol. The van der Waals surface area contributed by atoms with Crippen LogP contribution in [0.15, 0.2) is 352 Å². The summed E-state index contributed by atoms with van der Waals surface area (Å²) in [5.74, 6) is 2.97. The molecule has 140 heavy (non-hydrogen) atoms. The zero-order valence-corrected chi connectivity index (χ0v) is 92.1. The van der Waals surface area contributed by atoms with Crippen LogP contribution in [-0.4, -0.2) is 54.6 Å². The second-order valence-corrected chi connectivity index (χ2v) is 35.3. The number of carbonyl (C=O) groups excluding carboxylic acids is 1. The Morgan fingerprint density at radius 3 is 0.379 bits per heavy atom. The molecule has 0 radical (unpaired) electrons. The van der Waals surface area contributed by atoms with E-state index in [-0.39, 0.29) is 22.3 Å². The Hall–Kier alpha value is -13.1. The van der Waals surface area contributed by atoms with Crippen LogP contribution in [0.2, 0.25) is 0 Å². The van der Waals surface area contributed by atoms with E-state index in [0.717, 1.165) is 11.5 Å². The van der Waals surface area contributed by atoms with Crippen molar-refractivity contribution < 1.29 is 41.7 Å². The molecule has 0 aliphatic rings. The van der Waals surface area contributed by atoms with Gasteiger partial charge in [0, 0.05) is 19.6 Å². The molecule has 0 aliphatic carbocycles. The zero-order chi connectivity index (χ0) is 106. The molecule has 0 aliphatic heterocycles. The van der Waals surface area contributed by atoms with Crippen molar-refractivity contribution >= 4 is 5.78 Å². The molecule has 0 spiro atoms. The van der Waals surface area contributed by atoms with E-state index in [1.54, 1.807) is 28.4 Å². The third-order valence-corrected chi connectivity index (χ3v) is 23.9. The van der Waals surface area contributed by atoms with Crippen LogP contribution in [0.1, 0.15) is 204 Å². The van der Waals surface area contributed by atoms with Gasteiger partial charge >= 0.3 is 6.18 Å². The second kappa shape index (κ2) is 70.5.